The molecular weight excluding hydrogens is 343 g/mol. The summed E-state index contributed by atoms with van der Waals surface area (Å²) in [4.78, 5) is 4.41. The molecule has 13 heavy (non-hydrogen) atoms. The number of benzene rings is 1. The van der Waals surface area contributed by atoms with E-state index >= 15 is 0 Å². The number of halogens is 2. The minimum Gasteiger partial charge on any atom is -0.306 e. The Labute approximate surface area is 98.6 Å². The molecule has 2 nitrogen and oxygen atoms in total. The van der Waals surface area contributed by atoms with Gasteiger partial charge in [-0.1, -0.05) is 34.7 Å². The molecule has 68 valence electrons. The van der Waals surface area contributed by atoms with Crippen LogP contribution in [0.25, 0.3) is 11.0 Å². The van der Waals surface area contributed by atoms with E-state index in [1.807, 2.05) is 18.2 Å². The van der Waals surface area contributed by atoms with Gasteiger partial charge in [0.1, 0.15) is 0 Å². The molecular formula is C9H8BrIN2. The van der Waals surface area contributed by atoms with Gasteiger partial charge >= 0.3 is 0 Å². The van der Waals surface area contributed by atoms with Crippen molar-refractivity contribution in [3.63, 3.8) is 0 Å². The molecule has 0 saturated heterocycles. The van der Waals surface area contributed by atoms with Gasteiger partial charge in [0, 0.05) is 0 Å². The highest BCUT2D eigenvalue weighted by Gasteiger charge is 2.10. The number of fused-ring (bicyclic) bond motifs is 1. The van der Waals surface area contributed by atoms with Crippen LogP contribution >= 0.6 is 38.5 Å². The zero-order chi connectivity index (χ0) is 9.42. The van der Waals surface area contributed by atoms with Crippen molar-refractivity contribution in [3.8, 4) is 0 Å². The highest BCUT2D eigenvalue weighted by atomic mass is 127. The maximum Gasteiger partial charge on any atom is 0.179 e. The molecule has 0 aliphatic rings. The van der Waals surface area contributed by atoms with E-state index in [1.54, 1.807) is 0 Å². The van der Waals surface area contributed by atoms with Crippen LogP contribution < -0.4 is 0 Å². The Morgan fingerprint density at radius 1 is 1.46 bits per heavy atom. The fourth-order valence-electron chi connectivity index (χ4n) is 1.35. The average molecular weight is 351 g/mol. The molecule has 1 atom stereocenters. The normalized spacial score (nSPS) is 13.5. The lowest BCUT2D eigenvalue weighted by atomic mass is 10.3. The third-order valence-corrected chi connectivity index (χ3v) is 3.03. The topological polar surface area (TPSA) is 17.8 Å². The first-order chi connectivity index (χ1) is 6.20. The van der Waals surface area contributed by atoms with Crippen LogP contribution in [0.3, 0.4) is 0 Å². The van der Waals surface area contributed by atoms with Crippen molar-refractivity contribution in [2.24, 2.45) is 0 Å². The molecule has 1 heterocycles. The van der Waals surface area contributed by atoms with Crippen LogP contribution in [0.1, 0.15) is 11.0 Å². The number of para-hydroxylation sites is 2. The Balaban J connectivity index is 2.78. The maximum absolute atomic E-state index is 4.41. The number of aromatic nitrogens is 2. The van der Waals surface area contributed by atoms with Gasteiger partial charge in [-0.15, -0.1) is 0 Å². The van der Waals surface area contributed by atoms with Crippen molar-refractivity contribution in [2.45, 2.75) is 11.0 Å². The van der Waals surface area contributed by atoms with Crippen molar-refractivity contribution in [2.75, 3.05) is 0 Å². The van der Waals surface area contributed by atoms with Gasteiger partial charge in [0.2, 0.25) is 0 Å². The minimum absolute atomic E-state index is 0.402. The van der Waals surface area contributed by atoms with E-state index in [4.69, 9.17) is 0 Å². The second-order valence-corrected chi connectivity index (χ2v) is 5.33. The Bertz CT molecular complexity index is 436. The van der Waals surface area contributed by atoms with Crippen molar-refractivity contribution < 1.29 is 0 Å². The molecule has 0 saturated carbocycles. The van der Waals surface area contributed by atoms with Gasteiger partial charge < -0.3 is 4.57 Å². The summed E-state index contributed by atoms with van der Waals surface area (Å²) >= 11 is 5.83. The summed E-state index contributed by atoms with van der Waals surface area (Å²) in [7, 11) is 0. The lowest BCUT2D eigenvalue weighted by Crippen LogP contribution is -1.96. The maximum atomic E-state index is 4.41. The monoisotopic (exact) mass is 350 g/mol. The van der Waals surface area contributed by atoms with E-state index in [0.717, 1.165) is 10.3 Å². The fraction of sp³-hybridized carbons (Fsp3) is 0.222. The largest absolute Gasteiger partial charge is 0.306 e. The van der Waals surface area contributed by atoms with E-state index in [-0.39, 0.29) is 0 Å². The first kappa shape index (κ1) is 9.45. The summed E-state index contributed by atoms with van der Waals surface area (Å²) in [5.41, 5.74) is 2.22. The molecule has 1 unspecified atom stereocenters. The lowest BCUT2D eigenvalue weighted by Gasteiger charge is -2.07. The predicted octanol–water partition coefficient (Wildman–Crippen LogP) is 3.75. The zero-order valence-corrected chi connectivity index (χ0v) is 10.8. The molecule has 0 fully saturated rings. The number of hydrogen-bond acceptors (Lipinski definition) is 1. The van der Waals surface area contributed by atoms with E-state index in [1.165, 1.54) is 5.52 Å². The lowest BCUT2D eigenvalue weighted by molar-refractivity contribution is 0.771. The molecule has 1 aromatic heterocycles. The highest BCUT2D eigenvalue weighted by Crippen LogP contribution is 2.27. The van der Waals surface area contributed by atoms with Crippen LogP contribution in [0.4, 0.5) is 0 Å². The Kier molecular flexibility index (Phi) is 2.60. The summed E-state index contributed by atoms with van der Waals surface area (Å²) in [5, 5.41) is 0. The Morgan fingerprint density at radius 3 is 2.85 bits per heavy atom. The van der Waals surface area contributed by atoms with Gasteiger partial charge in [-0.3, -0.25) is 0 Å². The Hall–Kier alpha value is -0.100. The van der Waals surface area contributed by atoms with E-state index in [9.17, 15) is 0 Å². The molecule has 2 rings (SSSR count). The van der Waals surface area contributed by atoms with Crippen molar-refractivity contribution in [1.29, 1.82) is 0 Å². The number of nitrogens with zero attached hydrogens (tertiary/aromatic N) is 2. The van der Waals surface area contributed by atoms with Crippen LogP contribution in [-0.2, 0) is 0 Å². The van der Waals surface area contributed by atoms with Crippen LogP contribution in [0, 0.1) is 0 Å². The van der Waals surface area contributed by atoms with Gasteiger partial charge in [0.05, 0.1) is 15.1 Å². The third-order valence-electron chi connectivity index (χ3n) is 1.91. The van der Waals surface area contributed by atoms with Crippen LogP contribution in [0.2, 0.25) is 0 Å². The highest BCUT2D eigenvalue weighted by molar-refractivity contribution is 14.1. The number of rotatable bonds is 1. The minimum atomic E-state index is 0.402. The summed E-state index contributed by atoms with van der Waals surface area (Å²) < 4.78 is 3.46. The van der Waals surface area contributed by atoms with Crippen LogP contribution in [0.15, 0.2) is 29.0 Å². The number of hydrogen-bond donors (Lipinski definition) is 0. The van der Waals surface area contributed by atoms with Crippen LogP contribution in [-0.4, -0.2) is 9.55 Å². The van der Waals surface area contributed by atoms with Gasteiger partial charge in [0.15, 0.2) is 4.73 Å². The van der Waals surface area contributed by atoms with E-state index in [2.05, 4.69) is 61.1 Å². The standard InChI is InChI=1S/C9H8BrIN2/c1-6(11)13-8-5-3-2-4-7(8)12-9(13)10/h2-6H,1H3. The van der Waals surface area contributed by atoms with E-state index in [0.29, 0.717) is 4.05 Å². The first-order valence-corrected chi connectivity index (χ1v) is 6.00. The molecule has 1 aromatic carbocycles. The zero-order valence-electron chi connectivity index (χ0n) is 7.04. The van der Waals surface area contributed by atoms with E-state index < -0.39 is 0 Å². The smallest absolute Gasteiger partial charge is 0.179 e. The third kappa shape index (κ3) is 1.61. The van der Waals surface area contributed by atoms with Gasteiger partial charge in [-0.05, 0) is 35.0 Å². The molecule has 0 aliphatic heterocycles. The van der Waals surface area contributed by atoms with Gasteiger partial charge in [-0.2, -0.15) is 0 Å². The molecule has 0 bridgehead atoms. The van der Waals surface area contributed by atoms with Gasteiger partial charge in [0.25, 0.3) is 0 Å². The molecule has 4 heteroatoms. The van der Waals surface area contributed by atoms with Crippen molar-refractivity contribution in [1.82, 2.24) is 9.55 Å². The number of imidazole rings is 1. The quantitative estimate of drug-likeness (QED) is 0.565. The summed E-state index contributed by atoms with van der Waals surface area (Å²) in [6, 6.07) is 8.15. The van der Waals surface area contributed by atoms with Gasteiger partial charge in [-0.25, -0.2) is 4.98 Å². The summed E-state index contributed by atoms with van der Waals surface area (Å²) in [6.07, 6.45) is 0. The molecule has 0 amide bonds. The molecule has 0 aliphatic carbocycles. The molecule has 0 radical (unpaired) electrons. The SMILES string of the molecule is CC(I)n1c(Br)nc2ccccc21. The summed E-state index contributed by atoms with van der Waals surface area (Å²) in [6.45, 7) is 2.14. The first-order valence-electron chi connectivity index (χ1n) is 3.96. The van der Waals surface area contributed by atoms with Crippen LogP contribution in [0.5, 0.6) is 0 Å². The second kappa shape index (κ2) is 3.57. The predicted molar refractivity (Wildman–Crippen MR) is 66.2 cm³/mol. The Morgan fingerprint density at radius 2 is 2.15 bits per heavy atom. The molecule has 2 aromatic rings. The molecule has 0 N–H and O–H groups in total. The fourth-order valence-corrected chi connectivity index (χ4v) is 2.99. The van der Waals surface area contributed by atoms with Crippen molar-refractivity contribution >= 4 is 49.6 Å². The average Bonchev–Trinajstić information content (AvgIpc) is 2.39. The number of alkyl halides is 1. The second-order valence-electron chi connectivity index (χ2n) is 2.81. The van der Waals surface area contributed by atoms with Crippen molar-refractivity contribution in [3.05, 3.63) is 29.0 Å². The summed E-state index contributed by atoms with van der Waals surface area (Å²) in [5.74, 6) is 0. The molecule has 0 spiro atoms.